The minimum absolute atomic E-state index is 0.0317. The second kappa shape index (κ2) is 4.64. The molecule has 98 valence electrons. The second-order valence-electron chi connectivity index (χ2n) is 3.56. The van der Waals surface area contributed by atoms with Crippen LogP contribution >= 0.6 is 0 Å². The lowest BCUT2D eigenvalue weighted by Crippen LogP contribution is -2.47. The summed E-state index contributed by atoms with van der Waals surface area (Å²) in [6.07, 6.45) is -5.62. The fourth-order valence-corrected chi connectivity index (χ4v) is 1.38. The number of aryl methyl sites for hydroxylation is 1. The maximum absolute atomic E-state index is 13.2. The molecule has 1 atom stereocenters. The Morgan fingerprint density at radius 2 is 1.82 bits per heavy atom. The molecule has 0 amide bonds. The molecule has 0 saturated carbocycles. The Hall–Kier alpha value is -1.11. The molecule has 1 aromatic heterocycles. The van der Waals surface area contributed by atoms with E-state index in [1.165, 1.54) is 19.9 Å². The van der Waals surface area contributed by atoms with Crippen molar-refractivity contribution in [2.24, 2.45) is 0 Å². The van der Waals surface area contributed by atoms with Crippen LogP contribution < -0.4 is 5.32 Å². The molecule has 17 heavy (non-hydrogen) atoms. The third-order valence-corrected chi connectivity index (χ3v) is 2.19. The zero-order valence-corrected chi connectivity index (χ0v) is 9.24. The van der Waals surface area contributed by atoms with Crippen LogP contribution in [0.2, 0.25) is 0 Å². The molecule has 1 unspecified atom stereocenters. The summed E-state index contributed by atoms with van der Waals surface area (Å²) in [5, 5.41) is 2.10. The van der Waals surface area contributed by atoms with Gasteiger partial charge in [0.2, 0.25) is 0 Å². The van der Waals surface area contributed by atoms with Crippen molar-refractivity contribution >= 4 is 0 Å². The molecular weight excluding hydrogens is 245 g/mol. The quantitative estimate of drug-likeness (QED) is 0.836. The number of alkyl halides is 5. The molecule has 0 fully saturated rings. The van der Waals surface area contributed by atoms with Gasteiger partial charge < -0.3 is 9.73 Å². The van der Waals surface area contributed by atoms with Crippen molar-refractivity contribution in [3.63, 3.8) is 0 Å². The summed E-state index contributed by atoms with van der Waals surface area (Å²) in [4.78, 5) is 0. The van der Waals surface area contributed by atoms with Gasteiger partial charge in [-0.3, -0.25) is 0 Å². The van der Waals surface area contributed by atoms with Crippen LogP contribution in [0.3, 0.4) is 0 Å². The number of hydrogen-bond donors (Lipinski definition) is 1. The summed E-state index contributed by atoms with van der Waals surface area (Å²) < 4.78 is 68.1. The van der Waals surface area contributed by atoms with E-state index < -0.39 is 23.9 Å². The number of rotatable bonds is 4. The van der Waals surface area contributed by atoms with Gasteiger partial charge in [-0.2, -0.15) is 22.0 Å². The molecule has 1 rings (SSSR count). The molecule has 1 N–H and O–H groups in total. The van der Waals surface area contributed by atoms with Crippen LogP contribution in [0.5, 0.6) is 0 Å². The van der Waals surface area contributed by atoms with Gasteiger partial charge in [0, 0.05) is 0 Å². The molecule has 1 heterocycles. The van der Waals surface area contributed by atoms with E-state index in [0.717, 1.165) is 6.07 Å². The lowest BCUT2D eigenvalue weighted by Gasteiger charge is -2.27. The minimum Gasteiger partial charge on any atom is -0.464 e. The molecule has 0 radical (unpaired) electrons. The fraction of sp³-hybridized carbons (Fsp3) is 0.600. The van der Waals surface area contributed by atoms with Crippen LogP contribution in [0.1, 0.15) is 24.5 Å². The van der Waals surface area contributed by atoms with Crippen LogP contribution in [-0.4, -0.2) is 18.6 Å². The smallest absolute Gasteiger partial charge is 0.455 e. The first-order valence-electron chi connectivity index (χ1n) is 4.94. The molecule has 0 aliphatic carbocycles. The van der Waals surface area contributed by atoms with E-state index >= 15 is 0 Å². The van der Waals surface area contributed by atoms with Crippen LogP contribution in [0.4, 0.5) is 22.0 Å². The normalized spacial score (nSPS) is 15.0. The zero-order chi connectivity index (χ0) is 13.3. The van der Waals surface area contributed by atoms with Crippen molar-refractivity contribution in [3.8, 4) is 0 Å². The van der Waals surface area contributed by atoms with E-state index in [-0.39, 0.29) is 12.3 Å². The highest BCUT2D eigenvalue weighted by Crippen LogP contribution is 2.44. The predicted octanol–water partition coefficient (Wildman–Crippen LogP) is 3.44. The molecule has 2 nitrogen and oxygen atoms in total. The monoisotopic (exact) mass is 257 g/mol. The van der Waals surface area contributed by atoms with E-state index in [0.29, 0.717) is 0 Å². The van der Waals surface area contributed by atoms with Crippen LogP contribution in [-0.2, 0) is 0 Å². The summed E-state index contributed by atoms with van der Waals surface area (Å²) in [7, 11) is 0. The summed E-state index contributed by atoms with van der Waals surface area (Å²) in [6.45, 7) is 2.88. The molecule has 7 heteroatoms. The molecule has 1 aromatic rings. The van der Waals surface area contributed by atoms with E-state index in [2.05, 4.69) is 5.32 Å². The van der Waals surface area contributed by atoms with Crippen molar-refractivity contribution in [3.05, 3.63) is 23.7 Å². The highest BCUT2D eigenvalue weighted by molar-refractivity contribution is 5.13. The molecule has 0 aromatic carbocycles. The van der Waals surface area contributed by atoms with Gasteiger partial charge in [0.15, 0.2) is 0 Å². The van der Waals surface area contributed by atoms with E-state index in [1.54, 1.807) is 0 Å². The first-order chi connectivity index (χ1) is 7.70. The SMILES string of the molecule is CCNC(c1ccc(C)o1)C(F)(F)C(F)(F)F. The maximum atomic E-state index is 13.2. The summed E-state index contributed by atoms with van der Waals surface area (Å²) in [5.74, 6) is -5.03. The number of nitrogens with one attached hydrogen (secondary N) is 1. The number of hydrogen-bond acceptors (Lipinski definition) is 2. The van der Waals surface area contributed by atoms with Gasteiger partial charge in [-0.25, -0.2) is 0 Å². The van der Waals surface area contributed by atoms with Gasteiger partial charge in [0.1, 0.15) is 17.6 Å². The van der Waals surface area contributed by atoms with Crippen molar-refractivity contribution in [1.29, 1.82) is 0 Å². The Kier molecular flexibility index (Phi) is 3.81. The first kappa shape index (κ1) is 14.0. The lowest BCUT2D eigenvalue weighted by molar-refractivity contribution is -0.295. The van der Waals surface area contributed by atoms with E-state index in [4.69, 9.17) is 4.42 Å². The van der Waals surface area contributed by atoms with Gasteiger partial charge in [-0.15, -0.1) is 0 Å². The average molecular weight is 257 g/mol. The largest absolute Gasteiger partial charge is 0.464 e. The van der Waals surface area contributed by atoms with Gasteiger partial charge in [-0.05, 0) is 25.6 Å². The minimum atomic E-state index is -5.62. The average Bonchev–Trinajstić information content (AvgIpc) is 2.58. The second-order valence-corrected chi connectivity index (χ2v) is 3.56. The Balaban J connectivity index is 3.09. The molecule has 0 bridgehead atoms. The summed E-state index contributed by atoms with van der Waals surface area (Å²) in [5.41, 5.74) is 0. The third kappa shape index (κ3) is 2.77. The van der Waals surface area contributed by atoms with Gasteiger partial charge in [-0.1, -0.05) is 6.92 Å². The highest BCUT2D eigenvalue weighted by atomic mass is 19.4. The topological polar surface area (TPSA) is 25.2 Å². The lowest BCUT2D eigenvalue weighted by atomic mass is 10.1. The summed E-state index contributed by atoms with van der Waals surface area (Å²) >= 11 is 0. The Morgan fingerprint density at radius 1 is 1.24 bits per heavy atom. The number of halogens is 5. The Morgan fingerprint density at radius 3 is 2.18 bits per heavy atom. The molecule has 0 saturated heterocycles. The van der Waals surface area contributed by atoms with Crippen LogP contribution in [0.15, 0.2) is 16.5 Å². The predicted molar refractivity (Wildman–Crippen MR) is 50.9 cm³/mol. The summed E-state index contributed by atoms with van der Waals surface area (Å²) in [6, 6.07) is 0.246. The van der Waals surface area contributed by atoms with Crippen molar-refractivity contribution in [2.75, 3.05) is 6.54 Å². The number of furan rings is 1. The molecular formula is C10H12F5NO. The highest BCUT2D eigenvalue weighted by Gasteiger charge is 2.63. The molecule has 0 aliphatic heterocycles. The molecule has 0 aliphatic rings. The van der Waals surface area contributed by atoms with E-state index in [9.17, 15) is 22.0 Å². The fourth-order valence-electron chi connectivity index (χ4n) is 1.38. The molecule has 0 spiro atoms. The van der Waals surface area contributed by atoms with Gasteiger partial charge >= 0.3 is 12.1 Å². The standard InChI is InChI=1S/C10H12F5NO/c1-3-16-8(7-5-4-6(2)17-7)9(11,12)10(13,14)15/h4-5,8,16H,3H2,1-2H3. The first-order valence-corrected chi connectivity index (χ1v) is 4.94. The van der Waals surface area contributed by atoms with Gasteiger partial charge in [0.05, 0.1) is 0 Å². The zero-order valence-electron chi connectivity index (χ0n) is 9.24. The Bertz CT molecular complexity index is 371. The van der Waals surface area contributed by atoms with Crippen molar-refractivity contribution in [2.45, 2.75) is 32.0 Å². The van der Waals surface area contributed by atoms with Crippen molar-refractivity contribution < 1.29 is 26.4 Å². The van der Waals surface area contributed by atoms with Gasteiger partial charge in [0.25, 0.3) is 0 Å². The van der Waals surface area contributed by atoms with Crippen molar-refractivity contribution in [1.82, 2.24) is 5.32 Å². The van der Waals surface area contributed by atoms with E-state index in [1.807, 2.05) is 0 Å². The third-order valence-electron chi connectivity index (χ3n) is 2.19. The van der Waals surface area contributed by atoms with Crippen LogP contribution in [0.25, 0.3) is 0 Å². The maximum Gasteiger partial charge on any atom is 0.455 e. The van der Waals surface area contributed by atoms with Crippen LogP contribution in [0, 0.1) is 6.92 Å². The Labute approximate surface area is 94.8 Å².